The van der Waals surface area contributed by atoms with E-state index < -0.39 is 11.4 Å². The lowest BCUT2D eigenvalue weighted by Crippen LogP contribution is -2.49. The number of rotatable bonds is 5. The molecule has 0 saturated heterocycles. The molecular weight excluding hydrogens is 295 g/mol. The molecular formula is C18H21FN2O2. The van der Waals surface area contributed by atoms with E-state index in [1.165, 1.54) is 6.07 Å². The van der Waals surface area contributed by atoms with E-state index in [1.807, 2.05) is 18.2 Å². The van der Waals surface area contributed by atoms with Crippen molar-refractivity contribution in [2.45, 2.75) is 32.4 Å². The lowest BCUT2D eigenvalue weighted by atomic mass is 10.0. The number of nitrogens with one attached hydrogen (secondary N) is 1. The van der Waals surface area contributed by atoms with Crippen LogP contribution in [0.3, 0.4) is 0 Å². The van der Waals surface area contributed by atoms with Crippen LogP contribution < -0.4 is 15.8 Å². The van der Waals surface area contributed by atoms with Gasteiger partial charge in [0.1, 0.15) is 5.75 Å². The van der Waals surface area contributed by atoms with Crippen LogP contribution in [0.5, 0.6) is 11.5 Å². The molecule has 1 atom stereocenters. The molecule has 0 bridgehead atoms. The summed E-state index contributed by atoms with van der Waals surface area (Å²) in [6.07, 6.45) is 0. The van der Waals surface area contributed by atoms with E-state index >= 15 is 0 Å². The maximum absolute atomic E-state index is 14.2. The summed E-state index contributed by atoms with van der Waals surface area (Å²) >= 11 is 0. The molecule has 23 heavy (non-hydrogen) atoms. The van der Waals surface area contributed by atoms with Crippen molar-refractivity contribution in [2.24, 2.45) is 5.73 Å². The second-order valence-electron chi connectivity index (χ2n) is 6.02. The van der Waals surface area contributed by atoms with Gasteiger partial charge in [-0.2, -0.15) is 0 Å². The Balaban J connectivity index is 2.11. The number of benzene rings is 2. The van der Waals surface area contributed by atoms with E-state index in [0.29, 0.717) is 11.3 Å². The first-order valence-corrected chi connectivity index (χ1v) is 7.39. The van der Waals surface area contributed by atoms with Gasteiger partial charge in [-0.3, -0.25) is 4.79 Å². The monoisotopic (exact) mass is 316 g/mol. The van der Waals surface area contributed by atoms with Crippen LogP contribution in [0.1, 0.15) is 32.4 Å². The predicted molar refractivity (Wildman–Crippen MR) is 87.7 cm³/mol. The standard InChI is InChI=1S/C18H21FN2O2/c1-12(21-17(22)18(2,3)20)13-9-10-16(15(19)11-13)23-14-7-5-4-6-8-14/h4-12H,20H2,1-3H3,(H,21,22). The highest BCUT2D eigenvalue weighted by Crippen LogP contribution is 2.26. The Hall–Kier alpha value is -2.40. The van der Waals surface area contributed by atoms with E-state index in [4.69, 9.17) is 10.5 Å². The molecule has 3 N–H and O–H groups in total. The van der Waals surface area contributed by atoms with Crippen LogP contribution in [0, 0.1) is 5.82 Å². The minimum Gasteiger partial charge on any atom is -0.454 e. The second-order valence-corrected chi connectivity index (χ2v) is 6.02. The number of hydrogen-bond acceptors (Lipinski definition) is 3. The summed E-state index contributed by atoms with van der Waals surface area (Å²) in [6.45, 7) is 5.01. The van der Waals surface area contributed by atoms with Gasteiger partial charge in [0, 0.05) is 0 Å². The van der Waals surface area contributed by atoms with Gasteiger partial charge >= 0.3 is 0 Å². The summed E-state index contributed by atoms with van der Waals surface area (Å²) in [6, 6.07) is 13.2. The minimum absolute atomic E-state index is 0.137. The van der Waals surface area contributed by atoms with Gasteiger partial charge in [0.15, 0.2) is 11.6 Å². The number of amides is 1. The van der Waals surface area contributed by atoms with Crippen LogP contribution in [-0.4, -0.2) is 11.4 Å². The maximum atomic E-state index is 14.2. The Morgan fingerprint density at radius 3 is 2.43 bits per heavy atom. The normalized spacial score (nSPS) is 12.6. The van der Waals surface area contributed by atoms with Crippen LogP contribution in [0.25, 0.3) is 0 Å². The summed E-state index contributed by atoms with van der Waals surface area (Å²) in [4.78, 5) is 11.9. The highest BCUT2D eigenvalue weighted by molar-refractivity contribution is 5.85. The summed E-state index contributed by atoms with van der Waals surface area (Å²) < 4.78 is 19.7. The topological polar surface area (TPSA) is 64.4 Å². The SMILES string of the molecule is CC(NC(=O)C(C)(C)N)c1ccc(Oc2ccccc2)c(F)c1. The van der Waals surface area contributed by atoms with Crippen molar-refractivity contribution >= 4 is 5.91 Å². The van der Waals surface area contributed by atoms with E-state index in [2.05, 4.69) is 5.32 Å². The quantitative estimate of drug-likeness (QED) is 0.887. The molecule has 0 fully saturated rings. The molecule has 0 spiro atoms. The third-order valence-electron chi connectivity index (χ3n) is 3.36. The number of hydrogen-bond donors (Lipinski definition) is 2. The zero-order valence-electron chi connectivity index (χ0n) is 13.5. The largest absolute Gasteiger partial charge is 0.454 e. The van der Waals surface area contributed by atoms with Crippen molar-refractivity contribution < 1.29 is 13.9 Å². The van der Waals surface area contributed by atoms with E-state index in [-0.39, 0.29) is 17.7 Å². The first kappa shape index (κ1) is 17.0. The second kappa shape index (κ2) is 6.79. The molecule has 4 nitrogen and oxygen atoms in total. The zero-order chi connectivity index (χ0) is 17.0. The van der Waals surface area contributed by atoms with Crippen LogP contribution in [-0.2, 0) is 4.79 Å². The van der Waals surface area contributed by atoms with Crippen molar-refractivity contribution in [3.05, 3.63) is 59.9 Å². The smallest absolute Gasteiger partial charge is 0.239 e. The molecule has 2 rings (SSSR count). The average Bonchev–Trinajstić information content (AvgIpc) is 2.49. The highest BCUT2D eigenvalue weighted by atomic mass is 19.1. The third kappa shape index (κ3) is 4.53. The Bertz CT molecular complexity index is 681. The fourth-order valence-corrected chi connectivity index (χ4v) is 1.95. The number of para-hydroxylation sites is 1. The zero-order valence-corrected chi connectivity index (χ0v) is 13.5. The van der Waals surface area contributed by atoms with Crippen molar-refractivity contribution in [1.82, 2.24) is 5.32 Å². The summed E-state index contributed by atoms with van der Waals surface area (Å²) in [7, 11) is 0. The molecule has 0 heterocycles. The number of carbonyl (C=O) groups excluding carboxylic acids is 1. The number of ether oxygens (including phenoxy) is 1. The third-order valence-corrected chi connectivity index (χ3v) is 3.36. The first-order valence-electron chi connectivity index (χ1n) is 7.39. The van der Waals surface area contributed by atoms with Crippen LogP contribution >= 0.6 is 0 Å². The van der Waals surface area contributed by atoms with Crippen LogP contribution in [0.15, 0.2) is 48.5 Å². The average molecular weight is 316 g/mol. The van der Waals surface area contributed by atoms with Crippen molar-refractivity contribution in [3.63, 3.8) is 0 Å². The van der Waals surface area contributed by atoms with Gasteiger partial charge in [0.25, 0.3) is 0 Å². The van der Waals surface area contributed by atoms with Crippen molar-refractivity contribution in [3.8, 4) is 11.5 Å². The van der Waals surface area contributed by atoms with Gasteiger partial charge in [0.05, 0.1) is 11.6 Å². The van der Waals surface area contributed by atoms with Crippen LogP contribution in [0.2, 0.25) is 0 Å². The molecule has 0 saturated carbocycles. The molecule has 0 aliphatic heterocycles. The highest BCUT2D eigenvalue weighted by Gasteiger charge is 2.23. The minimum atomic E-state index is -0.983. The van der Waals surface area contributed by atoms with Gasteiger partial charge in [-0.15, -0.1) is 0 Å². The lowest BCUT2D eigenvalue weighted by molar-refractivity contribution is -0.125. The molecule has 5 heteroatoms. The summed E-state index contributed by atoms with van der Waals surface area (Å²) in [5.41, 5.74) is 5.40. The summed E-state index contributed by atoms with van der Waals surface area (Å²) in [5, 5.41) is 2.76. The summed E-state index contributed by atoms with van der Waals surface area (Å²) in [5.74, 6) is -0.0857. The molecule has 2 aromatic rings. The van der Waals surface area contributed by atoms with Crippen molar-refractivity contribution in [1.29, 1.82) is 0 Å². The Kier molecular flexibility index (Phi) is 5.01. The molecule has 122 valence electrons. The molecule has 0 radical (unpaired) electrons. The number of carbonyl (C=O) groups is 1. The predicted octanol–water partition coefficient (Wildman–Crippen LogP) is 3.53. The molecule has 2 aromatic carbocycles. The number of nitrogens with two attached hydrogens (primary N) is 1. The van der Waals surface area contributed by atoms with Gasteiger partial charge in [-0.1, -0.05) is 24.3 Å². The van der Waals surface area contributed by atoms with Gasteiger partial charge in [-0.25, -0.2) is 4.39 Å². The fourth-order valence-electron chi connectivity index (χ4n) is 1.95. The van der Waals surface area contributed by atoms with Crippen molar-refractivity contribution in [2.75, 3.05) is 0 Å². The lowest BCUT2D eigenvalue weighted by Gasteiger charge is -2.22. The molecule has 0 aliphatic carbocycles. The van der Waals surface area contributed by atoms with E-state index in [1.54, 1.807) is 45.0 Å². The molecule has 1 unspecified atom stereocenters. The fraction of sp³-hybridized carbons (Fsp3) is 0.278. The Labute approximate surface area is 135 Å². The molecule has 0 aliphatic rings. The van der Waals surface area contributed by atoms with Gasteiger partial charge in [-0.05, 0) is 50.6 Å². The Morgan fingerprint density at radius 2 is 1.87 bits per heavy atom. The van der Waals surface area contributed by atoms with Gasteiger partial charge in [0.2, 0.25) is 5.91 Å². The molecule has 0 aromatic heterocycles. The number of halogens is 1. The van der Waals surface area contributed by atoms with E-state index in [0.717, 1.165) is 0 Å². The van der Waals surface area contributed by atoms with Gasteiger partial charge < -0.3 is 15.8 Å². The molecule has 1 amide bonds. The maximum Gasteiger partial charge on any atom is 0.239 e. The van der Waals surface area contributed by atoms with Crippen LogP contribution in [0.4, 0.5) is 4.39 Å². The van der Waals surface area contributed by atoms with E-state index in [9.17, 15) is 9.18 Å². The Morgan fingerprint density at radius 1 is 1.22 bits per heavy atom. The first-order chi connectivity index (χ1) is 10.8.